The maximum Gasteiger partial charge on any atom is 0.166 e. The third-order valence-electron chi connectivity index (χ3n) is 3.03. The predicted molar refractivity (Wildman–Crippen MR) is 85.4 cm³/mol. The zero-order chi connectivity index (χ0) is 13.7. The van der Waals surface area contributed by atoms with Gasteiger partial charge in [-0.15, -0.1) is 0 Å². The lowest BCUT2D eigenvalue weighted by molar-refractivity contribution is 0.619. The summed E-state index contributed by atoms with van der Waals surface area (Å²) in [5, 5.41) is 8.50. The van der Waals surface area contributed by atoms with E-state index < -0.39 is 0 Å². The fourth-order valence-corrected chi connectivity index (χ4v) is 2.19. The van der Waals surface area contributed by atoms with E-state index in [1.54, 1.807) is 0 Å². The second kappa shape index (κ2) is 6.57. The number of hydrogen-bond acceptors (Lipinski definition) is 1. The standard InChI is InChI=1S/C15H21N3S/c1-11(2)9-18-15(19)16-8-7-12-10-17-14-6-4-3-5-13(12)14/h3-6,10-11,17H,7-9H2,1-2H3,(H2,16,18,19). The van der Waals surface area contributed by atoms with Gasteiger partial charge in [0.15, 0.2) is 5.11 Å². The van der Waals surface area contributed by atoms with Crippen molar-refractivity contribution in [1.82, 2.24) is 15.6 Å². The Morgan fingerprint density at radius 1 is 1.26 bits per heavy atom. The molecule has 2 rings (SSSR count). The van der Waals surface area contributed by atoms with Crippen LogP contribution >= 0.6 is 12.2 Å². The van der Waals surface area contributed by atoms with Crippen molar-refractivity contribution < 1.29 is 0 Å². The van der Waals surface area contributed by atoms with Gasteiger partial charge >= 0.3 is 0 Å². The van der Waals surface area contributed by atoms with Gasteiger partial charge in [0.05, 0.1) is 0 Å². The van der Waals surface area contributed by atoms with Gasteiger partial charge in [-0.2, -0.15) is 0 Å². The Labute approximate surface area is 119 Å². The van der Waals surface area contributed by atoms with Gasteiger partial charge in [0.25, 0.3) is 0 Å². The molecule has 19 heavy (non-hydrogen) atoms. The summed E-state index contributed by atoms with van der Waals surface area (Å²) in [5.74, 6) is 0.605. The molecule has 102 valence electrons. The van der Waals surface area contributed by atoms with Gasteiger partial charge in [-0.1, -0.05) is 32.0 Å². The van der Waals surface area contributed by atoms with E-state index in [9.17, 15) is 0 Å². The van der Waals surface area contributed by atoms with Crippen LogP contribution in [-0.4, -0.2) is 23.2 Å². The summed E-state index contributed by atoms with van der Waals surface area (Å²) >= 11 is 5.23. The molecule has 0 saturated carbocycles. The quantitative estimate of drug-likeness (QED) is 0.735. The summed E-state index contributed by atoms with van der Waals surface area (Å²) < 4.78 is 0. The molecule has 0 aliphatic rings. The lowest BCUT2D eigenvalue weighted by Gasteiger charge is -2.11. The Hall–Kier alpha value is -1.55. The highest BCUT2D eigenvalue weighted by atomic mass is 32.1. The molecule has 0 bridgehead atoms. The molecule has 4 heteroatoms. The second-order valence-corrected chi connectivity index (χ2v) is 5.55. The summed E-state index contributed by atoms with van der Waals surface area (Å²) in [6.07, 6.45) is 3.05. The van der Waals surface area contributed by atoms with Crippen molar-refractivity contribution in [1.29, 1.82) is 0 Å². The molecule has 0 unspecified atom stereocenters. The number of benzene rings is 1. The average molecular weight is 275 g/mol. The lowest BCUT2D eigenvalue weighted by atomic mass is 10.1. The number of aromatic nitrogens is 1. The summed E-state index contributed by atoms with van der Waals surface area (Å²) in [6.45, 7) is 6.10. The van der Waals surface area contributed by atoms with E-state index in [1.165, 1.54) is 16.5 Å². The van der Waals surface area contributed by atoms with Gasteiger partial charge < -0.3 is 15.6 Å². The third kappa shape index (κ3) is 3.96. The van der Waals surface area contributed by atoms with Crippen LogP contribution in [0.2, 0.25) is 0 Å². The highest BCUT2D eigenvalue weighted by Crippen LogP contribution is 2.17. The fourth-order valence-electron chi connectivity index (χ4n) is 2.01. The van der Waals surface area contributed by atoms with Gasteiger partial charge in [-0.3, -0.25) is 0 Å². The molecule has 1 heterocycles. The summed E-state index contributed by atoms with van der Waals surface area (Å²) in [6, 6.07) is 8.37. The monoisotopic (exact) mass is 275 g/mol. The van der Waals surface area contributed by atoms with Crippen molar-refractivity contribution in [3.63, 3.8) is 0 Å². The Bertz CT molecular complexity index is 545. The molecule has 0 aliphatic carbocycles. The highest BCUT2D eigenvalue weighted by Gasteiger charge is 2.03. The fraction of sp³-hybridized carbons (Fsp3) is 0.400. The van der Waals surface area contributed by atoms with E-state index in [-0.39, 0.29) is 0 Å². The Morgan fingerprint density at radius 2 is 2.05 bits per heavy atom. The van der Waals surface area contributed by atoms with Crippen LogP contribution in [0.25, 0.3) is 10.9 Å². The zero-order valence-corrected chi connectivity index (χ0v) is 12.3. The molecular formula is C15H21N3S. The van der Waals surface area contributed by atoms with Crippen LogP contribution in [0.1, 0.15) is 19.4 Å². The van der Waals surface area contributed by atoms with Crippen molar-refractivity contribution >= 4 is 28.2 Å². The average Bonchev–Trinajstić information content (AvgIpc) is 2.80. The minimum atomic E-state index is 0.605. The number of thiocarbonyl (C=S) groups is 1. The summed E-state index contributed by atoms with van der Waals surface area (Å²) in [7, 11) is 0. The molecule has 1 aromatic carbocycles. The maximum absolute atomic E-state index is 5.23. The molecule has 0 atom stereocenters. The third-order valence-corrected chi connectivity index (χ3v) is 3.31. The van der Waals surface area contributed by atoms with Crippen LogP contribution in [0.3, 0.4) is 0 Å². The highest BCUT2D eigenvalue weighted by molar-refractivity contribution is 7.80. The first-order chi connectivity index (χ1) is 9.16. The van der Waals surface area contributed by atoms with Crippen molar-refractivity contribution in [2.75, 3.05) is 13.1 Å². The number of fused-ring (bicyclic) bond motifs is 1. The molecule has 0 saturated heterocycles. The first-order valence-electron chi connectivity index (χ1n) is 6.73. The number of nitrogens with one attached hydrogen (secondary N) is 3. The second-order valence-electron chi connectivity index (χ2n) is 5.14. The van der Waals surface area contributed by atoms with Crippen LogP contribution in [0, 0.1) is 5.92 Å². The number of H-pyrrole nitrogens is 1. The van der Waals surface area contributed by atoms with E-state index in [0.29, 0.717) is 5.92 Å². The Kier molecular flexibility index (Phi) is 4.80. The summed E-state index contributed by atoms with van der Waals surface area (Å²) in [4.78, 5) is 3.29. The number of para-hydroxylation sites is 1. The first-order valence-corrected chi connectivity index (χ1v) is 7.14. The van der Waals surface area contributed by atoms with E-state index in [0.717, 1.165) is 24.6 Å². The molecule has 3 nitrogen and oxygen atoms in total. The largest absolute Gasteiger partial charge is 0.362 e. The smallest absolute Gasteiger partial charge is 0.166 e. The Balaban J connectivity index is 1.81. The number of aromatic amines is 1. The van der Waals surface area contributed by atoms with Crippen molar-refractivity contribution in [3.05, 3.63) is 36.0 Å². The first kappa shape index (κ1) is 13.9. The molecule has 0 aliphatic heterocycles. The van der Waals surface area contributed by atoms with Crippen LogP contribution in [0.15, 0.2) is 30.5 Å². The van der Waals surface area contributed by atoms with E-state index in [4.69, 9.17) is 12.2 Å². The molecule has 3 N–H and O–H groups in total. The summed E-state index contributed by atoms with van der Waals surface area (Å²) in [5.41, 5.74) is 2.52. The van der Waals surface area contributed by atoms with Crippen LogP contribution in [0.4, 0.5) is 0 Å². The molecule has 2 aromatic rings. The van der Waals surface area contributed by atoms with Crippen molar-refractivity contribution in [3.8, 4) is 0 Å². The minimum absolute atomic E-state index is 0.605. The van der Waals surface area contributed by atoms with Gasteiger partial charge in [0, 0.05) is 30.2 Å². The van der Waals surface area contributed by atoms with Crippen LogP contribution in [0.5, 0.6) is 0 Å². The predicted octanol–water partition coefficient (Wildman–Crippen LogP) is 2.83. The van der Waals surface area contributed by atoms with E-state index >= 15 is 0 Å². The maximum atomic E-state index is 5.23. The zero-order valence-electron chi connectivity index (χ0n) is 11.5. The molecule has 0 fully saturated rings. The van der Waals surface area contributed by atoms with Gasteiger partial charge in [0.1, 0.15) is 0 Å². The lowest BCUT2D eigenvalue weighted by Crippen LogP contribution is -2.38. The van der Waals surface area contributed by atoms with Crippen molar-refractivity contribution in [2.24, 2.45) is 5.92 Å². The van der Waals surface area contributed by atoms with Gasteiger partial charge in [-0.05, 0) is 36.2 Å². The molecule has 1 aromatic heterocycles. The van der Waals surface area contributed by atoms with E-state index in [1.807, 2.05) is 6.07 Å². The number of rotatable bonds is 5. The van der Waals surface area contributed by atoms with Gasteiger partial charge in [0.2, 0.25) is 0 Å². The normalized spacial score (nSPS) is 10.9. The number of hydrogen-bond donors (Lipinski definition) is 3. The topological polar surface area (TPSA) is 39.8 Å². The molecular weight excluding hydrogens is 254 g/mol. The van der Waals surface area contributed by atoms with Crippen LogP contribution in [-0.2, 0) is 6.42 Å². The molecule has 0 amide bonds. The van der Waals surface area contributed by atoms with E-state index in [2.05, 4.69) is 53.9 Å². The van der Waals surface area contributed by atoms with Crippen LogP contribution < -0.4 is 10.6 Å². The minimum Gasteiger partial charge on any atom is -0.362 e. The molecule has 0 radical (unpaired) electrons. The SMILES string of the molecule is CC(C)CNC(=S)NCCc1c[nH]c2ccccc12. The molecule has 0 spiro atoms. The van der Waals surface area contributed by atoms with Crippen molar-refractivity contribution in [2.45, 2.75) is 20.3 Å². The van der Waals surface area contributed by atoms with Gasteiger partial charge in [-0.25, -0.2) is 0 Å². The Morgan fingerprint density at radius 3 is 2.84 bits per heavy atom.